The highest BCUT2D eigenvalue weighted by atomic mass is 19.1. The van der Waals surface area contributed by atoms with E-state index >= 15 is 0 Å². The van der Waals surface area contributed by atoms with Crippen LogP contribution in [0.1, 0.15) is 16.1 Å². The van der Waals surface area contributed by atoms with Crippen LogP contribution >= 0.6 is 0 Å². The fourth-order valence-corrected chi connectivity index (χ4v) is 2.45. The first kappa shape index (κ1) is 17.0. The SMILES string of the molecule is COc1ncccc1NC(=O)c1cc(F)cc(-c2cccnc2C#N)c1. The quantitative estimate of drug-likeness (QED) is 0.780. The number of nitrogens with one attached hydrogen (secondary N) is 1. The van der Waals surface area contributed by atoms with E-state index in [4.69, 9.17) is 4.74 Å². The molecule has 2 heterocycles. The molecule has 0 unspecified atom stereocenters. The highest BCUT2D eigenvalue weighted by Gasteiger charge is 2.14. The number of methoxy groups -OCH3 is 1. The van der Waals surface area contributed by atoms with Gasteiger partial charge in [0.2, 0.25) is 5.88 Å². The second-order valence-electron chi connectivity index (χ2n) is 5.25. The fourth-order valence-electron chi connectivity index (χ4n) is 2.45. The Kier molecular flexibility index (Phi) is 4.85. The molecule has 0 atom stereocenters. The Balaban J connectivity index is 1.98. The minimum atomic E-state index is -0.599. The zero-order valence-electron chi connectivity index (χ0n) is 13.7. The molecule has 0 saturated heterocycles. The molecule has 0 aliphatic heterocycles. The second-order valence-corrected chi connectivity index (χ2v) is 5.25. The summed E-state index contributed by atoms with van der Waals surface area (Å²) in [4.78, 5) is 20.5. The van der Waals surface area contributed by atoms with Gasteiger partial charge in [0.1, 0.15) is 23.3 Å². The van der Waals surface area contributed by atoms with E-state index < -0.39 is 11.7 Å². The summed E-state index contributed by atoms with van der Waals surface area (Å²) in [6.07, 6.45) is 3.00. The Morgan fingerprint density at radius 3 is 2.73 bits per heavy atom. The smallest absolute Gasteiger partial charge is 0.255 e. The number of benzene rings is 1. The van der Waals surface area contributed by atoms with Gasteiger partial charge >= 0.3 is 0 Å². The third kappa shape index (κ3) is 3.49. The number of carbonyl (C=O) groups is 1. The Hall–Kier alpha value is -3.79. The standard InChI is InChI=1S/C19H13FN4O2/c1-26-19-16(5-3-7-23-19)24-18(25)13-8-12(9-14(20)10-13)15-4-2-6-22-17(15)11-21/h2-10H,1H3,(H,24,25). The van der Waals surface area contributed by atoms with Crippen LogP contribution in [-0.2, 0) is 0 Å². The Labute approximate surface area is 148 Å². The van der Waals surface area contributed by atoms with E-state index in [1.807, 2.05) is 6.07 Å². The summed E-state index contributed by atoms with van der Waals surface area (Å²) in [6, 6.07) is 12.4. The summed E-state index contributed by atoms with van der Waals surface area (Å²) in [7, 11) is 1.43. The molecule has 0 spiro atoms. The van der Waals surface area contributed by atoms with Gasteiger partial charge < -0.3 is 10.1 Å². The van der Waals surface area contributed by atoms with Gasteiger partial charge in [0, 0.05) is 23.5 Å². The number of anilines is 1. The predicted octanol–water partition coefficient (Wildman–Crippen LogP) is 3.42. The fraction of sp³-hybridized carbons (Fsp3) is 0.0526. The summed E-state index contributed by atoms with van der Waals surface area (Å²) in [5.74, 6) is -0.880. The third-order valence-corrected chi connectivity index (χ3v) is 3.60. The lowest BCUT2D eigenvalue weighted by molar-refractivity contribution is 0.102. The highest BCUT2D eigenvalue weighted by molar-refractivity contribution is 6.05. The zero-order valence-corrected chi connectivity index (χ0v) is 13.7. The molecule has 1 N–H and O–H groups in total. The summed E-state index contributed by atoms with van der Waals surface area (Å²) >= 11 is 0. The highest BCUT2D eigenvalue weighted by Crippen LogP contribution is 2.26. The van der Waals surface area contributed by atoms with Crippen molar-refractivity contribution in [1.82, 2.24) is 9.97 Å². The lowest BCUT2D eigenvalue weighted by atomic mass is 10.0. The van der Waals surface area contributed by atoms with E-state index in [1.54, 1.807) is 24.3 Å². The van der Waals surface area contributed by atoms with Crippen LogP contribution in [-0.4, -0.2) is 23.0 Å². The average Bonchev–Trinajstić information content (AvgIpc) is 2.67. The lowest BCUT2D eigenvalue weighted by Gasteiger charge is -2.10. The zero-order chi connectivity index (χ0) is 18.5. The van der Waals surface area contributed by atoms with Crippen LogP contribution in [0.4, 0.5) is 10.1 Å². The van der Waals surface area contributed by atoms with Gasteiger partial charge in [0.15, 0.2) is 0 Å². The van der Waals surface area contributed by atoms with Gasteiger partial charge in [-0.05, 0) is 48.0 Å². The molecule has 0 aliphatic rings. The molecule has 0 bridgehead atoms. The molecule has 1 aromatic carbocycles. The largest absolute Gasteiger partial charge is 0.480 e. The second kappa shape index (κ2) is 7.40. The molecule has 0 saturated carbocycles. The van der Waals surface area contributed by atoms with Gasteiger partial charge in [-0.1, -0.05) is 0 Å². The van der Waals surface area contributed by atoms with Crippen molar-refractivity contribution in [2.45, 2.75) is 0 Å². The average molecular weight is 348 g/mol. The van der Waals surface area contributed by atoms with Crippen LogP contribution < -0.4 is 10.1 Å². The number of hydrogen-bond donors (Lipinski definition) is 1. The van der Waals surface area contributed by atoms with Crippen molar-refractivity contribution in [3.05, 3.63) is 71.9 Å². The molecule has 1 amide bonds. The van der Waals surface area contributed by atoms with Crippen LogP contribution in [0.2, 0.25) is 0 Å². The van der Waals surface area contributed by atoms with E-state index in [1.165, 1.54) is 31.6 Å². The molecule has 2 aromatic heterocycles. The van der Waals surface area contributed by atoms with Gasteiger partial charge in [0.05, 0.1) is 7.11 Å². The van der Waals surface area contributed by atoms with Gasteiger partial charge in [-0.3, -0.25) is 4.79 Å². The number of ether oxygens (including phenoxy) is 1. The van der Waals surface area contributed by atoms with Crippen molar-refractivity contribution in [2.24, 2.45) is 0 Å². The first-order chi connectivity index (χ1) is 12.6. The van der Waals surface area contributed by atoms with E-state index in [0.717, 1.165) is 6.07 Å². The molecule has 0 aliphatic carbocycles. The molecule has 6 nitrogen and oxygen atoms in total. The normalized spacial score (nSPS) is 10.0. The first-order valence-electron chi connectivity index (χ1n) is 7.59. The van der Waals surface area contributed by atoms with Crippen LogP contribution in [0.15, 0.2) is 54.9 Å². The molecule has 26 heavy (non-hydrogen) atoms. The summed E-state index contributed by atoms with van der Waals surface area (Å²) in [5.41, 5.74) is 1.45. The van der Waals surface area contributed by atoms with Gasteiger partial charge in [-0.2, -0.15) is 5.26 Å². The van der Waals surface area contributed by atoms with E-state index in [9.17, 15) is 14.4 Å². The van der Waals surface area contributed by atoms with Crippen molar-refractivity contribution in [3.63, 3.8) is 0 Å². The number of hydrogen-bond acceptors (Lipinski definition) is 5. The van der Waals surface area contributed by atoms with Gasteiger partial charge in [-0.25, -0.2) is 14.4 Å². The number of aromatic nitrogens is 2. The van der Waals surface area contributed by atoms with E-state index in [2.05, 4.69) is 15.3 Å². The summed E-state index contributed by atoms with van der Waals surface area (Å²) in [5, 5.41) is 11.8. The molecule has 0 radical (unpaired) electrons. The van der Waals surface area contributed by atoms with Gasteiger partial charge in [-0.15, -0.1) is 0 Å². The molecular formula is C19H13FN4O2. The number of rotatable bonds is 4. The van der Waals surface area contributed by atoms with Crippen molar-refractivity contribution in [2.75, 3.05) is 12.4 Å². The topological polar surface area (TPSA) is 87.9 Å². The van der Waals surface area contributed by atoms with E-state index in [0.29, 0.717) is 16.8 Å². The molecule has 128 valence electrons. The molecule has 0 fully saturated rings. The number of nitriles is 1. The minimum Gasteiger partial charge on any atom is -0.480 e. The molecular weight excluding hydrogens is 335 g/mol. The van der Waals surface area contributed by atoms with Crippen molar-refractivity contribution in [3.8, 4) is 23.1 Å². The molecule has 7 heteroatoms. The number of halogens is 1. The number of carbonyl (C=O) groups excluding carboxylic acids is 1. The first-order valence-corrected chi connectivity index (χ1v) is 7.59. The maximum Gasteiger partial charge on any atom is 0.255 e. The Bertz CT molecular complexity index is 1010. The summed E-state index contributed by atoms with van der Waals surface area (Å²) < 4.78 is 19.2. The van der Waals surface area contributed by atoms with Gasteiger partial charge in [0.25, 0.3) is 5.91 Å². The maximum atomic E-state index is 14.1. The minimum absolute atomic E-state index is 0.0960. The molecule has 3 rings (SSSR count). The van der Waals surface area contributed by atoms with Crippen molar-refractivity contribution >= 4 is 11.6 Å². The molecule has 3 aromatic rings. The van der Waals surface area contributed by atoms with Crippen LogP contribution in [0, 0.1) is 17.1 Å². The van der Waals surface area contributed by atoms with Crippen LogP contribution in [0.25, 0.3) is 11.1 Å². The number of amides is 1. The van der Waals surface area contributed by atoms with Crippen LogP contribution in [0.3, 0.4) is 0 Å². The Morgan fingerprint density at radius 1 is 1.19 bits per heavy atom. The monoisotopic (exact) mass is 348 g/mol. The Morgan fingerprint density at radius 2 is 1.96 bits per heavy atom. The van der Waals surface area contributed by atoms with Crippen LogP contribution in [0.5, 0.6) is 5.88 Å². The predicted molar refractivity (Wildman–Crippen MR) is 93.1 cm³/mol. The summed E-state index contributed by atoms with van der Waals surface area (Å²) in [6.45, 7) is 0. The number of nitrogens with zero attached hydrogens (tertiary/aromatic N) is 3. The van der Waals surface area contributed by atoms with Crippen molar-refractivity contribution < 1.29 is 13.9 Å². The van der Waals surface area contributed by atoms with E-state index in [-0.39, 0.29) is 17.1 Å². The number of pyridine rings is 2. The maximum absolute atomic E-state index is 14.1. The van der Waals surface area contributed by atoms with Crippen molar-refractivity contribution in [1.29, 1.82) is 5.26 Å². The third-order valence-electron chi connectivity index (χ3n) is 3.60. The lowest BCUT2D eigenvalue weighted by Crippen LogP contribution is -2.13.